The van der Waals surface area contributed by atoms with Gasteiger partial charge in [0.05, 0.1) is 5.56 Å². The van der Waals surface area contributed by atoms with E-state index in [0.29, 0.717) is 17.0 Å². The average molecular weight is 289 g/mol. The van der Waals surface area contributed by atoms with Crippen molar-refractivity contribution in [2.75, 3.05) is 0 Å². The summed E-state index contributed by atoms with van der Waals surface area (Å²) in [6.45, 7) is 5.55. The molecule has 1 heterocycles. The first-order chi connectivity index (χ1) is 9.86. The quantitative estimate of drug-likeness (QED) is 0.918. The maximum Gasteiger partial charge on any atom is 0.335 e. The van der Waals surface area contributed by atoms with Gasteiger partial charge in [-0.05, 0) is 42.7 Å². The fourth-order valence-electron chi connectivity index (χ4n) is 1.84. The van der Waals surface area contributed by atoms with Crippen molar-refractivity contribution in [3.63, 3.8) is 0 Å². The number of aromatic nitrogens is 1. The Labute approximate surface area is 122 Å². The number of pyridine rings is 1. The summed E-state index contributed by atoms with van der Waals surface area (Å²) < 4.78 is 18.7. The minimum absolute atomic E-state index is 0.0703. The van der Waals surface area contributed by atoms with Gasteiger partial charge in [0.1, 0.15) is 11.6 Å². The second-order valence-corrected chi connectivity index (χ2v) is 5.09. The number of hydrogen-bond donors (Lipinski definition) is 1. The highest BCUT2D eigenvalue weighted by molar-refractivity contribution is 5.88. The van der Waals surface area contributed by atoms with E-state index in [1.165, 1.54) is 30.3 Å². The molecule has 2 rings (SSSR count). The van der Waals surface area contributed by atoms with Gasteiger partial charge in [0, 0.05) is 11.8 Å². The third-order valence-electron chi connectivity index (χ3n) is 3.01. The van der Waals surface area contributed by atoms with Gasteiger partial charge in [0.25, 0.3) is 0 Å². The highest BCUT2D eigenvalue weighted by Crippen LogP contribution is 2.26. The van der Waals surface area contributed by atoms with Gasteiger partial charge < -0.3 is 9.84 Å². The van der Waals surface area contributed by atoms with E-state index in [0.717, 1.165) is 0 Å². The van der Waals surface area contributed by atoms with Gasteiger partial charge >= 0.3 is 5.97 Å². The first kappa shape index (κ1) is 15.0. The van der Waals surface area contributed by atoms with E-state index in [9.17, 15) is 9.18 Å². The van der Waals surface area contributed by atoms with Crippen molar-refractivity contribution in [3.8, 4) is 11.6 Å². The molecule has 2 aromatic rings. The number of aromatic carboxylic acids is 1. The van der Waals surface area contributed by atoms with Crippen molar-refractivity contribution in [3.05, 3.63) is 53.0 Å². The summed E-state index contributed by atoms with van der Waals surface area (Å²) in [6, 6.07) is 7.01. The fourth-order valence-corrected chi connectivity index (χ4v) is 1.84. The van der Waals surface area contributed by atoms with Crippen LogP contribution < -0.4 is 4.74 Å². The van der Waals surface area contributed by atoms with Crippen molar-refractivity contribution >= 4 is 5.97 Å². The second kappa shape index (κ2) is 5.91. The zero-order valence-electron chi connectivity index (χ0n) is 12.1. The summed E-state index contributed by atoms with van der Waals surface area (Å²) in [5, 5.41) is 9.14. The molecular formula is C16H16FNO3. The Balaban J connectivity index is 2.41. The molecule has 0 radical (unpaired) electrons. The van der Waals surface area contributed by atoms with Crippen LogP contribution in [0.3, 0.4) is 0 Å². The number of halogens is 1. The maximum atomic E-state index is 13.1. The van der Waals surface area contributed by atoms with Crippen LogP contribution in [0.1, 0.15) is 41.4 Å². The molecule has 0 unspecified atom stereocenters. The molecule has 1 aromatic heterocycles. The zero-order chi connectivity index (χ0) is 15.6. The molecule has 0 spiro atoms. The smallest absolute Gasteiger partial charge is 0.335 e. The van der Waals surface area contributed by atoms with E-state index in [2.05, 4.69) is 4.98 Å². The first-order valence-electron chi connectivity index (χ1n) is 6.56. The van der Waals surface area contributed by atoms with Crippen LogP contribution in [0.5, 0.6) is 11.6 Å². The van der Waals surface area contributed by atoms with E-state index >= 15 is 0 Å². The molecule has 0 aliphatic carbocycles. The minimum Gasteiger partial charge on any atom is -0.478 e. The molecule has 110 valence electrons. The van der Waals surface area contributed by atoms with E-state index in [1.807, 2.05) is 13.8 Å². The van der Waals surface area contributed by atoms with Crippen LogP contribution in [0.25, 0.3) is 0 Å². The molecule has 21 heavy (non-hydrogen) atoms. The minimum atomic E-state index is -1.04. The molecular weight excluding hydrogens is 273 g/mol. The van der Waals surface area contributed by atoms with Gasteiger partial charge in [0.15, 0.2) is 0 Å². The Morgan fingerprint density at radius 3 is 2.57 bits per heavy atom. The zero-order valence-corrected chi connectivity index (χ0v) is 12.1. The normalized spacial score (nSPS) is 10.7. The Hall–Kier alpha value is -2.43. The molecule has 0 atom stereocenters. The van der Waals surface area contributed by atoms with E-state index in [1.54, 1.807) is 6.92 Å². The van der Waals surface area contributed by atoms with Crippen LogP contribution >= 0.6 is 0 Å². The Bertz CT molecular complexity index is 683. The lowest BCUT2D eigenvalue weighted by atomic mass is 10.1. The summed E-state index contributed by atoms with van der Waals surface area (Å²) in [4.78, 5) is 15.5. The number of benzene rings is 1. The second-order valence-electron chi connectivity index (χ2n) is 5.09. The number of aryl methyl sites for hydroxylation is 1. The number of hydrogen-bond acceptors (Lipinski definition) is 3. The van der Waals surface area contributed by atoms with Gasteiger partial charge in [-0.3, -0.25) is 0 Å². The number of ether oxygens (including phenoxy) is 1. The summed E-state index contributed by atoms with van der Waals surface area (Å²) in [5.74, 6) is -0.689. The topological polar surface area (TPSA) is 59.4 Å². The average Bonchev–Trinajstić information content (AvgIpc) is 2.41. The Morgan fingerprint density at radius 1 is 1.29 bits per heavy atom. The molecule has 4 nitrogen and oxygen atoms in total. The number of carboxylic acid groups (broad SMARTS) is 1. The van der Waals surface area contributed by atoms with E-state index < -0.39 is 5.97 Å². The Kier molecular flexibility index (Phi) is 4.21. The van der Waals surface area contributed by atoms with Gasteiger partial charge in [0.2, 0.25) is 5.88 Å². The number of rotatable bonds is 4. The first-order valence-corrected chi connectivity index (χ1v) is 6.56. The number of nitrogens with zero attached hydrogens (tertiary/aromatic N) is 1. The van der Waals surface area contributed by atoms with E-state index in [-0.39, 0.29) is 23.2 Å². The molecule has 0 aliphatic heterocycles. The lowest BCUT2D eigenvalue weighted by Gasteiger charge is -2.11. The predicted octanol–water partition coefficient (Wildman–Crippen LogP) is 4.14. The van der Waals surface area contributed by atoms with Crippen LogP contribution in [0, 0.1) is 12.7 Å². The highest BCUT2D eigenvalue weighted by atomic mass is 19.1. The molecule has 0 bridgehead atoms. The van der Waals surface area contributed by atoms with Crippen molar-refractivity contribution in [1.29, 1.82) is 0 Å². The summed E-state index contributed by atoms with van der Waals surface area (Å²) in [7, 11) is 0. The molecule has 0 saturated carbocycles. The van der Waals surface area contributed by atoms with Crippen LogP contribution in [0.4, 0.5) is 4.39 Å². The van der Waals surface area contributed by atoms with Crippen molar-refractivity contribution in [1.82, 2.24) is 4.98 Å². The predicted molar refractivity (Wildman–Crippen MR) is 76.5 cm³/mol. The van der Waals surface area contributed by atoms with E-state index in [4.69, 9.17) is 9.84 Å². The summed E-state index contributed by atoms with van der Waals surface area (Å²) >= 11 is 0. The number of carbonyl (C=O) groups is 1. The van der Waals surface area contributed by atoms with Gasteiger partial charge in [-0.25, -0.2) is 14.2 Å². The summed E-state index contributed by atoms with van der Waals surface area (Å²) in [6.07, 6.45) is 0. The fraction of sp³-hybridized carbons (Fsp3) is 0.250. The molecule has 0 amide bonds. The standard InChI is InChI=1S/C16H16FNO3/c1-9(2)13-7-11(16(19)20)8-15(18-13)21-14-5-4-12(17)6-10(14)3/h4-9H,1-3H3,(H,19,20). The van der Waals surface area contributed by atoms with Crippen LogP contribution in [-0.2, 0) is 0 Å². The molecule has 0 saturated heterocycles. The molecule has 1 aromatic carbocycles. The third-order valence-corrected chi connectivity index (χ3v) is 3.01. The van der Waals surface area contributed by atoms with Crippen molar-refractivity contribution in [2.24, 2.45) is 0 Å². The summed E-state index contributed by atoms with van der Waals surface area (Å²) in [5.41, 5.74) is 1.36. The van der Waals surface area contributed by atoms with Gasteiger partial charge in [-0.1, -0.05) is 13.8 Å². The largest absolute Gasteiger partial charge is 0.478 e. The lowest BCUT2D eigenvalue weighted by Crippen LogP contribution is -2.03. The molecule has 0 aliphatic rings. The van der Waals surface area contributed by atoms with Crippen LogP contribution in [-0.4, -0.2) is 16.1 Å². The highest BCUT2D eigenvalue weighted by Gasteiger charge is 2.13. The SMILES string of the molecule is Cc1cc(F)ccc1Oc1cc(C(=O)O)cc(C(C)C)n1. The maximum absolute atomic E-state index is 13.1. The number of carboxylic acids is 1. The lowest BCUT2D eigenvalue weighted by molar-refractivity contribution is 0.0696. The molecule has 0 fully saturated rings. The third kappa shape index (κ3) is 3.56. The van der Waals surface area contributed by atoms with Crippen LogP contribution in [0.15, 0.2) is 30.3 Å². The van der Waals surface area contributed by atoms with Gasteiger partial charge in [-0.2, -0.15) is 0 Å². The van der Waals surface area contributed by atoms with Gasteiger partial charge in [-0.15, -0.1) is 0 Å². The van der Waals surface area contributed by atoms with Crippen molar-refractivity contribution in [2.45, 2.75) is 26.7 Å². The monoisotopic (exact) mass is 289 g/mol. The molecule has 1 N–H and O–H groups in total. The Morgan fingerprint density at radius 2 is 2.00 bits per heavy atom. The molecule has 5 heteroatoms. The van der Waals surface area contributed by atoms with Crippen LogP contribution in [0.2, 0.25) is 0 Å². The van der Waals surface area contributed by atoms with Crippen molar-refractivity contribution < 1.29 is 19.0 Å².